The van der Waals surface area contributed by atoms with Gasteiger partial charge in [0, 0.05) is 12.7 Å². The average molecular weight is 280 g/mol. The van der Waals surface area contributed by atoms with Crippen LogP contribution in [0.1, 0.15) is 32.5 Å². The van der Waals surface area contributed by atoms with Crippen molar-refractivity contribution in [1.29, 1.82) is 0 Å². The first-order chi connectivity index (χ1) is 9.35. The summed E-state index contributed by atoms with van der Waals surface area (Å²) in [6, 6.07) is 6.19. The van der Waals surface area contributed by atoms with Gasteiger partial charge in [-0.15, -0.1) is 0 Å². The lowest BCUT2D eigenvalue weighted by molar-refractivity contribution is -0.133. The molecular formula is C15H21FN2O2. The number of hydrogen-bond acceptors (Lipinski definition) is 3. The van der Waals surface area contributed by atoms with Gasteiger partial charge >= 0.3 is 0 Å². The van der Waals surface area contributed by atoms with E-state index < -0.39 is 11.8 Å². The second-order valence-corrected chi connectivity index (χ2v) is 5.74. The summed E-state index contributed by atoms with van der Waals surface area (Å²) >= 11 is 0. The van der Waals surface area contributed by atoms with Crippen LogP contribution in [0.15, 0.2) is 24.3 Å². The molecule has 110 valence electrons. The molecule has 0 aromatic heterocycles. The van der Waals surface area contributed by atoms with E-state index in [1.165, 1.54) is 6.07 Å². The molecule has 1 aromatic carbocycles. The molecule has 1 aliphatic rings. The highest BCUT2D eigenvalue weighted by Gasteiger charge is 2.40. The van der Waals surface area contributed by atoms with Gasteiger partial charge in [0.05, 0.1) is 18.2 Å². The van der Waals surface area contributed by atoms with E-state index in [1.54, 1.807) is 37.1 Å². The van der Waals surface area contributed by atoms with Crippen LogP contribution in [0, 0.1) is 5.82 Å². The maximum Gasteiger partial charge on any atom is 0.241 e. The van der Waals surface area contributed by atoms with Gasteiger partial charge in [0.25, 0.3) is 0 Å². The van der Waals surface area contributed by atoms with E-state index in [0.29, 0.717) is 12.1 Å². The highest BCUT2D eigenvalue weighted by atomic mass is 19.1. The predicted octanol–water partition coefficient (Wildman–Crippen LogP) is 2.07. The number of ether oxygens (including phenoxy) is 1. The number of benzene rings is 1. The van der Waals surface area contributed by atoms with Crippen molar-refractivity contribution in [3.05, 3.63) is 35.6 Å². The molecule has 0 aliphatic carbocycles. The number of rotatable bonds is 4. The molecule has 1 saturated heterocycles. The van der Waals surface area contributed by atoms with Gasteiger partial charge in [0.15, 0.2) is 0 Å². The Morgan fingerprint density at radius 1 is 1.40 bits per heavy atom. The van der Waals surface area contributed by atoms with E-state index in [2.05, 4.69) is 5.32 Å². The third-order valence-corrected chi connectivity index (χ3v) is 3.68. The Hall–Kier alpha value is -1.46. The number of nitrogens with zero attached hydrogens (tertiary/aromatic N) is 1. The molecule has 1 fully saturated rings. The van der Waals surface area contributed by atoms with E-state index >= 15 is 0 Å². The summed E-state index contributed by atoms with van der Waals surface area (Å²) in [5.41, 5.74) is 0.00219. The smallest absolute Gasteiger partial charge is 0.241 e. The van der Waals surface area contributed by atoms with Crippen molar-refractivity contribution >= 4 is 5.91 Å². The van der Waals surface area contributed by atoms with Crippen LogP contribution in [0.5, 0.6) is 0 Å². The van der Waals surface area contributed by atoms with E-state index in [9.17, 15) is 9.18 Å². The number of carbonyl (C=O) groups is 1. The molecule has 1 N–H and O–H groups in total. The standard InChI is InChI=1S/C15H21FN2O2/c1-10-14(19)18(9-15(2,3)20-4)13(17-10)11-7-5-6-8-12(11)16/h5-8,10,13,17H,9H2,1-4H3. The van der Waals surface area contributed by atoms with Crippen molar-refractivity contribution in [2.45, 2.75) is 38.6 Å². The molecule has 0 radical (unpaired) electrons. The van der Waals surface area contributed by atoms with Crippen molar-refractivity contribution in [3.8, 4) is 0 Å². The van der Waals surface area contributed by atoms with Gasteiger partial charge in [-0.05, 0) is 26.8 Å². The molecule has 1 aliphatic heterocycles. The van der Waals surface area contributed by atoms with E-state index in [-0.39, 0.29) is 17.8 Å². The fourth-order valence-corrected chi connectivity index (χ4v) is 2.37. The van der Waals surface area contributed by atoms with Crippen LogP contribution >= 0.6 is 0 Å². The molecule has 1 aromatic rings. The van der Waals surface area contributed by atoms with Gasteiger partial charge in [-0.3, -0.25) is 10.1 Å². The molecule has 1 amide bonds. The Kier molecular flexibility index (Phi) is 4.11. The average Bonchev–Trinajstić information content (AvgIpc) is 2.67. The topological polar surface area (TPSA) is 41.6 Å². The Morgan fingerprint density at radius 2 is 2.05 bits per heavy atom. The van der Waals surface area contributed by atoms with Crippen LogP contribution in [0.4, 0.5) is 4.39 Å². The van der Waals surface area contributed by atoms with Crippen LogP contribution in [-0.2, 0) is 9.53 Å². The number of halogens is 1. The first-order valence-electron chi connectivity index (χ1n) is 6.72. The van der Waals surface area contributed by atoms with Crippen molar-refractivity contribution in [2.24, 2.45) is 0 Å². The summed E-state index contributed by atoms with van der Waals surface area (Å²) in [5, 5.41) is 3.14. The second-order valence-electron chi connectivity index (χ2n) is 5.74. The van der Waals surface area contributed by atoms with Crippen LogP contribution < -0.4 is 5.32 Å². The van der Waals surface area contributed by atoms with Crippen LogP contribution in [0.3, 0.4) is 0 Å². The number of methoxy groups -OCH3 is 1. The van der Waals surface area contributed by atoms with Gasteiger partial charge in [0.2, 0.25) is 5.91 Å². The molecule has 0 bridgehead atoms. The van der Waals surface area contributed by atoms with Gasteiger partial charge < -0.3 is 9.64 Å². The lowest BCUT2D eigenvalue weighted by Crippen LogP contribution is -2.43. The van der Waals surface area contributed by atoms with E-state index in [4.69, 9.17) is 4.74 Å². The lowest BCUT2D eigenvalue weighted by atomic mass is 10.1. The summed E-state index contributed by atoms with van der Waals surface area (Å²) in [7, 11) is 1.61. The summed E-state index contributed by atoms with van der Waals surface area (Å²) < 4.78 is 19.4. The predicted molar refractivity (Wildman–Crippen MR) is 74.5 cm³/mol. The van der Waals surface area contributed by atoms with Gasteiger partial charge in [-0.25, -0.2) is 4.39 Å². The van der Waals surface area contributed by atoms with Gasteiger partial charge in [-0.2, -0.15) is 0 Å². The fourth-order valence-electron chi connectivity index (χ4n) is 2.37. The normalized spacial score (nSPS) is 23.4. The number of amides is 1. The van der Waals surface area contributed by atoms with Gasteiger partial charge in [0.1, 0.15) is 12.0 Å². The zero-order valence-electron chi connectivity index (χ0n) is 12.3. The van der Waals surface area contributed by atoms with Crippen molar-refractivity contribution in [2.75, 3.05) is 13.7 Å². The molecule has 0 saturated carbocycles. The summed E-state index contributed by atoms with van der Waals surface area (Å²) in [6.07, 6.45) is -0.451. The Balaban J connectivity index is 2.31. The first-order valence-corrected chi connectivity index (χ1v) is 6.72. The van der Waals surface area contributed by atoms with Crippen LogP contribution in [-0.4, -0.2) is 36.1 Å². The SMILES string of the molecule is COC(C)(C)CN1C(=O)C(C)NC1c1ccccc1F. The third-order valence-electron chi connectivity index (χ3n) is 3.68. The molecule has 0 spiro atoms. The summed E-state index contributed by atoms with van der Waals surface area (Å²) in [4.78, 5) is 13.9. The summed E-state index contributed by atoms with van der Waals surface area (Å²) in [5.74, 6) is -0.351. The lowest BCUT2D eigenvalue weighted by Gasteiger charge is -2.32. The summed E-state index contributed by atoms with van der Waals surface area (Å²) in [6.45, 7) is 6.00. The zero-order valence-corrected chi connectivity index (χ0v) is 12.3. The van der Waals surface area contributed by atoms with E-state index in [0.717, 1.165) is 0 Å². The molecule has 20 heavy (non-hydrogen) atoms. The highest BCUT2D eigenvalue weighted by Crippen LogP contribution is 2.29. The van der Waals surface area contributed by atoms with Crippen molar-refractivity contribution in [3.63, 3.8) is 0 Å². The van der Waals surface area contributed by atoms with Crippen molar-refractivity contribution < 1.29 is 13.9 Å². The van der Waals surface area contributed by atoms with Crippen LogP contribution in [0.25, 0.3) is 0 Å². The number of hydrogen-bond donors (Lipinski definition) is 1. The third kappa shape index (κ3) is 2.83. The molecule has 1 heterocycles. The maximum absolute atomic E-state index is 14.0. The molecule has 2 unspecified atom stereocenters. The largest absolute Gasteiger partial charge is 0.377 e. The maximum atomic E-state index is 14.0. The van der Waals surface area contributed by atoms with E-state index in [1.807, 2.05) is 13.8 Å². The Bertz CT molecular complexity index is 504. The van der Waals surface area contributed by atoms with Gasteiger partial charge in [-0.1, -0.05) is 18.2 Å². The molecule has 5 heteroatoms. The minimum absolute atomic E-state index is 0.0385. The monoisotopic (exact) mass is 280 g/mol. The fraction of sp³-hybridized carbons (Fsp3) is 0.533. The van der Waals surface area contributed by atoms with Crippen molar-refractivity contribution in [1.82, 2.24) is 10.2 Å². The zero-order chi connectivity index (χ0) is 14.9. The second kappa shape index (κ2) is 5.50. The first kappa shape index (κ1) is 14.9. The molecular weight excluding hydrogens is 259 g/mol. The Labute approximate surface area is 118 Å². The number of nitrogens with one attached hydrogen (secondary N) is 1. The Morgan fingerprint density at radius 3 is 2.65 bits per heavy atom. The molecule has 4 nitrogen and oxygen atoms in total. The minimum atomic E-state index is -0.481. The minimum Gasteiger partial charge on any atom is -0.377 e. The quantitative estimate of drug-likeness (QED) is 0.918. The highest BCUT2D eigenvalue weighted by molar-refractivity contribution is 5.84. The van der Waals surface area contributed by atoms with Crippen LogP contribution in [0.2, 0.25) is 0 Å². The number of carbonyl (C=O) groups excluding carboxylic acids is 1. The molecule has 2 rings (SSSR count). The molecule has 2 atom stereocenters.